The minimum absolute atomic E-state index is 0.286. The zero-order valence-corrected chi connectivity index (χ0v) is 14.2. The molecule has 1 saturated heterocycles. The van der Waals surface area contributed by atoms with Crippen LogP contribution in [0.25, 0.3) is 0 Å². The van der Waals surface area contributed by atoms with Crippen molar-refractivity contribution >= 4 is 23.2 Å². The number of aryl methyl sites for hydroxylation is 2. The van der Waals surface area contributed by atoms with Crippen molar-refractivity contribution in [1.82, 2.24) is 14.7 Å². The van der Waals surface area contributed by atoms with Crippen molar-refractivity contribution in [1.29, 1.82) is 0 Å². The van der Waals surface area contributed by atoms with Crippen LogP contribution in [0.2, 0.25) is 5.02 Å². The molecule has 1 aromatic rings. The van der Waals surface area contributed by atoms with Crippen LogP contribution in [0.1, 0.15) is 45.0 Å². The summed E-state index contributed by atoms with van der Waals surface area (Å²) < 4.78 is 2.05. The second-order valence-corrected chi connectivity index (χ2v) is 6.73. The lowest BCUT2D eigenvalue weighted by Gasteiger charge is -2.33. The zero-order valence-electron chi connectivity index (χ0n) is 12.7. The van der Waals surface area contributed by atoms with Gasteiger partial charge in [0.25, 0.3) is 0 Å². The van der Waals surface area contributed by atoms with Crippen LogP contribution in [0.5, 0.6) is 0 Å². The van der Waals surface area contributed by atoms with Crippen LogP contribution in [-0.4, -0.2) is 33.1 Å². The van der Waals surface area contributed by atoms with E-state index in [-0.39, 0.29) is 5.38 Å². The van der Waals surface area contributed by atoms with E-state index in [1.807, 2.05) is 0 Å². The molecule has 0 bridgehead atoms. The Hall–Kier alpha value is -0.250. The molecule has 1 aliphatic heterocycles. The molecule has 2 rings (SSSR count). The molecule has 0 saturated carbocycles. The first-order chi connectivity index (χ1) is 9.56. The van der Waals surface area contributed by atoms with Gasteiger partial charge in [0.05, 0.1) is 16.4 Å². The lowest BCUT2D eigenvalue weighted by molar-refractivity contribution is 0.172. The number of hydrogen-bond acceptors (Lipinski definition) is 2. The number of likely N-dealkylation sites (tertiary alicyclic amines) is 1. The Balaban J connectivity index is 2.02. The summed E-state index contributed by atoms with van der Waals surface area (Å²) in [7, 11) is 0. The van der Waals surface area contributed by atoms with E-state index in [4.69, 9.17) is 23.2 Å². The third kappa shape index (κ3) is 3.49. The molecule has 1 fully saturated rings. The van der Waals surface area contributed by atoms with E-state index in [2.05, 4.69) is 35.5 Å². The highest BCUT2D eigenvalue weighted by molar-refractivity contribution is 6.31. The Morgan fingerprint density at radius 2 is 1.95 bits per heavy atom. The van der Waals surface area contributed by atoms with Gasteiger partial charge < -0.3 is 0 Å². The summed E-state index contributed by atoms with van der Waals surface area (Å²) in [6.45, 7) is 10.3. The predicted octanol–water partition coefficient (Wildman–Crippen LogP) is 3.96. The first-order valence-electron chi connectivity index (χ1n) is 7.67. The van der Waals surface area contributed by atoms with Crippen LogP contribution in [0.15, 0.2) is 0 Å². The number of aromatic nitrogens is 2. The van der Waals surface area contributed by atoms with E-state index in [9.17, 15) is 0 Å². The van der Waals surface area contributed by atoms with E-state index < -0.39 is 0 Å². The van der Waals surface area contributed by atoms with Gasteiger partial charge in [-0.25, -0.2) is 0 Å². The minimum Gasteiger partial charge on any atom is -0.297 e. The van der Waals surface area contributed by atoms with Crippen LogP contribution < -0.4 is 0 Å². The largest absolute Gasteiger partial charge is 0.297 e. The highest BCUT2D eigenvalue weighted by Gasteiger charge is 2.24. The SMILES string of the molecule is CCc1nn(CC)c(CN2CCC(C(C)Cl)CC2)c1Cl. The minimum atomic E-state index is 0.286. The van der Waals surface area contributed by atoms with E-state index in [1.165, 1.54) is 18.5 Å². The van der Waals surface area contributed by atoms with Crippen molar-refractivity contribution in [3.05, 3.63) is 16.4 Å². The number of alkyl halides is 1. The Morgan fingerprint density at radius 1 is 1.30 bits per heavy atom. The van der Waals surface area contributed by atoms with Crippen LogP contribution >= 0.6 is 23.2 Å². The summed E-state index contributed by atoms with van der Waals surface area (Å²) in [6.07, 6.45) is 3.26. The third-order valence-electron chi connectivity index (χ3n) is 4.35. The molecule has 0 amide bonds. The van der Waals surface area contributed by atoms with Gasteiger partial charge in [-0.15, -0.1) is 11.6 Å². The van der Waals surface area contributed by atoms with Gasteiger partial charge in [-0.2, -0.15) is 5.10 Å². The van der Waals surface area contributed by atoms with Gasteiger partial charge in [0.15, 0.2) is 0 Å². The van der Waals surface area contributed by atoms with Crippen LogP contribution in [-0.2, 0) is 19.5 Å². The van der Waals surface area contributed by atoms with Crippen molar-refractivity contribution in [2.24, 2.45) is 5.92 Å². The molecule has 5 heteroatoms. The fraction of sp³-hybridized carbons (Fsp3) is 0.800. The van der Waals surface area contributed by atoms with Crippen molar-refractivity contribution < 1.29 is 0 Å². The van der Waals surface area contributed by atoms with Gasteiger partial charge in [0, 0.05) is 18.5 Å². The Labute approximate surface area is 132 Å². The van der Waals surface area contributed by atoms with Gasteiger partial charge in [0.1, 0.15) is 0 Å². The van der Waals surface area contributed by atoms with Crippen molar-refractivity contribution in [2.75, 3.05) is 13.1 Å². The van der Waals surface area contributed by atoms with Gasteiger partial charge in [0.2, 0.25) is 0 Å². The summed E-state index contributed by atoms with van der Waals surface area (Å²) in [6, 6.07) is 0. The molecule has 1 aliphatic rings. The third-order valence-corrected chi connectivity index (χ3v) is 5.14. The lowest BCUT2D eigenvalue weighted by Crippen LogP contribution is -2.36. The number of nitrogens with zero attached hydrogens (tertiary/aromatic N) is 3. The molecule has 1 unspecified atom stereocenters. The molecule has 2 heterocycles. The monoisotopic (exact) mass is 317 g/mol. The lowest BCUT2D eigenvalue weighted by atomic mass is 9.94. The summed E-state index contributed by atoms with van der Waals surface area (Å²) in [4.78, 5) is 2.48. The van der Waals surface area contributed by atoms with E-state index in [0.717, 1.165) is 43.3 Å². The fourth-order valence-electron chi connectivity index (χ4n) is 2.95. The second kappa shape index (κ2) is 7.15. The molecular formula is C15H25Cl2N3. The fourth-order valence-corrected chi connectivity index (χ4v) is 3.53. The molecule has 0 aliphatic carbocycles. The normalized spacial score (nSPS) is 19.4. The molecule has 1 atom stereocenters. The summed E-state index contributed by atoms with van der Waals surface area (Å²) in [5.74, 6) is 0.658. The van der Waals surface area contributed by atoms with Crippen LogP contribution in [0, 0.1) is 5.92 Å². The van der Waals surface area contributed by atoms with Crippen molar-refractivity contribution in [2.45, 2.75) is 58.5 Å². The summed E-state index contributed by atoms with van der Waals surface area (Å²) in [5.41, 5.74) is 2.19. The smallest absolute Gasteiger partial charge is 0.0863 e. The van der Waals surface area contributed by atoms with Crippen molar-refractivity contribution in [3.63, 3.8) is 0 Å². The van der Waals surface area contributed by atoms with E-state index in [1.54, 1.807) is 0 Å². The maximum Gasteiger partial charge on any atom is 0.0863 e. The molecule has 114 valence electrons. The Morgan fingerprint density at radius 3 is 2.45 bits per heavy atom. The molecule has 0 radical (unpaired) electrons. The molecular weight excluding hydrogens is 293 g/mol. The Bertz CT molecular complexity index is 435. The zero-order chi connectivity index (χ0) is 14.7. The average molecular weight is 318 g/mol. The Kier molecular flexibility index (Phi) is 5.76. The number of piperidine rings is 1. The van der Waals surface area contributed by atoms with E-state index >= 15 is 0 Å². The highest BCUT2D eigenvalue weighted by Crippen LogP contribution is 2.27. The van der Waals surface area contributed by atoms with E-state index in [0.29, 0.717) is 5.92 Å². The second-order valence-electron chi connectivity index (χ2n) is 5.67. The van der Waals surface area contributed by atoms with Gasteiger partial charge >= 0.3 is 0 Å². The molecule has 20 heavy (non-hydrogen) atoms. The molecule has 0 aromatic carbocycles. The standard InChI is InChI=1S/C15H25Cl2N3/c1-4-13-15(17)14(20(5-2)18-13)10-19-8-6-12(7-9-19)11(3)16/h11-12H,4-10H2,1-3H3. The molecule has 0 spiro atoms. The first-order valence-corrected chi connectivity index (χ1v) is 8.48. The van der Waals surface area contributed by atoms with Gasteiger partial charge in [-0.05, 0) is 52.1 Å². The topological polar surface area (TPSA) is 21.1 Å². The first kappa shape index (κ1) is 16.1. The van der Waals surface area contributed by atoms with Gasteiger partial charge in [-0.1, -0.05) is 18.5 Å². The summed E-state index contributed by atoms with van der Waals surface area (Å²) in [5, 5.41) is 5.74. The van der Waals surface area contributed by atoms with Crippen LogP contribution in [0.4, 0.5) is 0 Å². The molecule has 1 aromatic heterocycles. The van der Waals surface area contributed by atoms with Crippen LogP contribution in [0.3, 0.4) is 0 Å². The highest BCUT2D eigenvalue weighted by atomic mass is 35.5. The average Bonchev–Trinajstić information content (AvgIpc) is 2.76. The number of rotatable bonds is 5. The van der Waals surface area contributed by atoms with Gasteiger partial charge in [-0.3, -0.25) is 9.58 Å². The van der Waals surface area contributed by atoms with Crippen molar-refractivity contribution in [3.8, 4) is 0 Å². The number of halogens is 2. The molecule has 3 nitrogen and oxygen atoms in total. The summed E-state index contributed by atoms with van der Waals surface area (Å²) >= 11 is 12.7. The maximum absolute atomic E-state index is 6.48. The predicted molar refractivity (Wildman–Crippen MR) is 85.6 cm³/mol. The number of hydrogen-bond donors (Lipinski definition) is 0. The quantitative estimate of drug-likeness (QED) is 0.766. The maximum atomic E-state index is 6.48. The molecule has 0 N–H and O–H groups in total.